The van der Waals surface area contributed by atoms with Gasteiger partial charge in [0.1, 0.15) is 0 Å². The Morgan fingerprint density at radius 3 is 2.31 bits per heavy atom. The Bertz CT molecular complexity index is 263. The van der Waals surface area contributed by atoms with Crippen LogP contribution in [-0.4, -0.2) is 25.0 Å². The predicted molar refractivity (Wildman–Crippen MR) is 67.2 cm³/mol. The first-order chi connectivity index (χ1) is 7.76. The van der Waals surface area contributed by atoms with Gasteiger partial charge in [-0.3, -0.25) is 4.79 Å². The number of hydrogen-bond donors (Lipinski definition) is 2. The molecule has 16 heavy (non-hydrogen) atoms. The van der Waals surface area contributed by atoms with Crippen molar-refractivity contribution in [2.45, 2.75) is 44.7 Å². The monoisotopic (exact) mass is 222 g/mol. The van der Waals surface area contributed by atoms with Crippen molar-refractivity contribution in [2.24, 2.45) is 0 Å². The van der Waals surface area contributed by atoms with Crippen molar-refractivity contribution in [1.29, 1.82) is 0 Å². The number of allylic oxidation sites excluding steroid dienone is 3. The van der Waals surface area contributed by atoms with E-state index in [0.29, 0.717) is 12.1 Å². The molecule has 1 fully saturated rings. The summed E-state index contributed by atoms with van der Waals surface area (Å²) in [5.74, 6) is 0.0195. The van der Waals surface area contributed by atoms with Crippen LogP contribution in [0.25, 0.3) is 0 Å². The maximum atomic E-state index is 11.5. The van der Waals surface area contributed by atoms with Crippen molar-refractivity contribution in [1.82, 2.24) is 10.6 Å². The minimum Gasteiger partial charge on any atom is -0.350 e. The van der Waals surface area contributed by atoms with Gasteiger partial charge in [-0.2, -0.15) is 0 Å². The third-order valence-corrected chi connectivity index (χ3v) is 3.03. The van der Waals surface area contributed by atoms with E-state index in [1.807, 2.05) is 26.1 Å². The molecule has 1 rings (SSSR count). The summed E-state index contributed by atoms with van der Waals surface area (Å²) in [6.45, 7) is 1.93. The molecule has 0 aromatic heterocycles. The number of hydrogen-bond acceptors (Lipinski definition) is 2. The fourth-order valence-electron chi connectivity index (χ4n) is 2.03. The van der Waals surface area contributed by atoms with E-state index in [0.717, 1.165) is 25.7 Å². The van der Waals surface area contributed by atoms with Gasteiger partial charge in [0.2, 0.25) is 5.91 Å². The Morgan fingerprint density at radius 1 is 1.12 bits per heavy atom. The summed E-state index contributed by atoms with van der Waals surface area (Å²) in [6.07, 6.45) is 11.6. The largest absolute Gasteiger partial charge is 0.350 e. The molecule has 0 aromatic carbocycles. The summed E-state index contributed by atoms with van der Waals surface area (Å²) in [4.78, 5) is 11.5. The molecule has 0 unspecified atom stereocenters. The molecule has 0 spiro atoms. The van der Waals surface area contributed by atoms with Crippen LogP contribution in [0.2, 0.25) is 0 Å². The summed E-state index contributed by atoms with van der Waals surface area (Å²) in [6, 6.07) is 0.985. The summed E-state index contributed by atoms with van der Waals surface area (Å²) in [5.41, 5.74) is 0. The van der Waals surface area contributed by atoms with Gasteiger partial charge in [-0.25, -0.2) is 0 Å². The van der Waals surface area contributed by atoms with Gasteiger partial charge >= 0.3 is 0 Å². The average Bonchev–Trinajstić information content (AvgIpc) is 2.30. The molecular weight excluding hydrogens is 200 g/mol. The van der Waals surface area contributed by atoms with Gasteiger partial charge in [0.05, 0.1) is 0 Å². The van der Waals surface area contributed by atoms with E-state index in [-0.39, 0.29) is 5.91 Å². The second-order valence-electron chi connectivity index (χ2n) is 4.23. The zero-order valence-corrected chi connectivity index (χ0v) is 10.2. The Kier molecular flexibility index (Phi) is 5.86. The van der Waals surface area contributed by atoms with Gasteiger partial charge in [0.25, 0.3) is 0 Å². The second kappa shape index (κ2) is 7.23. The number of rotatable bonds is 4. The summed E-state index contributed by atoms with van der Waals surface area (Å²) < 4.78 is 0. The lowest BCUT2D eigenvalue weighted by atomic mass is 9.91. The van der Waals surface area contributed by atoms with Gasteiger partial charge in [-0.1, -0.05) is 18.2 Å². The Hall–Kier alpha value is -1.09. The molecule has 0 aliphatic heterocycles. The van der Waals surface area contributed by atoms with Crippen molar-refractivity contribution in [3.63, 3.8) is 0 Å². The fourth-order valence-corrected chi connectivity index (χ4v) is 2.03. The van der Waals surface area contributed by atoms with E-state index in [1.54, 1.807) is 12.2 Å². The van der Waals surface area contributed by atoms with Crippen LogP contribution in [0.4, 0.5) is 0 Å². The fraction of sp³-hybridized carbons (Fsp3) is 0.615. The van der Waals surface area contributed by atoms with Gasteiger partial charge in [-0.05, 0) is 39.7 Å². The van der Waals surface area contributed by atoms with Crippen molar-refractivity contribution in [3.8, 4) is 0 Å². The average molecular weight is 222 g/mol. The molecule has 1 amide bonds. The Balaban J connectivity index is 2.25. The molecule has 1 saturated carbocycles. The lowest BCUT2D eigenvalue weighted by Crippen LogP contribution is -2.40. The molecule has 3 nitrogen and oxygen atoms in total. The third-order valence-electron chi connectivity index (χ3n) is 3.03. The topological polar surface area (TPSA) is 41.1 Å². The van der Waals surface area contributed by atoms with Crippen LogP contribution in [-0.2, 0) is 4.79 Å². The van der Waals surface area contributed by atoms with Crippen molar-refractivity contribution >= 4 is 5.91 Å². The van der Waals surface area contributed by atoms with Gasteiger partial charge in [-0.15, -0.1) is 0 Å². The SMILES string of the molecule is CC=CC=CC(=O)NC1CCC(NC)CC1. The van der Waals surface area contributed by atoms with Crippen molar-refractivity contribution in [3.05, 3.63) is 24.3 Å². The summed E-state index contributed by atoms with van der Waals surface area (Å²) >= 11 is 0. The van der Waals surface area contributed by atoms with E-state index in [9.17, 15) is 4.79 Å². The van der Waals surface area contributed by atoms with Crippen LogP contribution < -0.4 is 10.6 Å². The Morgan fingerprint density at radius 2 is 1.75 bits per heavy atom. The maximum absolute atomic E-state index is 11.5. The van der Waals surface area contributed by atoms with Gasteiger partial charge in [0.15, 0.2) is 0 Å². The van der Waals surface area contributed by atoms with Crippen molar-refractivity contribution in [2.75, 3.05) is 7.05 Å². The summed E-state index contributed by atoms with van der Waals surface area (Å²) in [5, 5.41) is 6.32. The van der Waals surface area contributed by atoms with E-state index >= 15 is 0 Å². The van der Waals surface area contributed by atoms with Crippen LogP contribution in [0.1, 0.15) is 32.6 Å². The smallest absolute Gasteiger partial charge is 0.244 e. The molecule has 0 bridgehead atoms. The highest BCUT2D eigenvalue weighted by molar-refractivity contribution is 5.87. The van der Waals surface area contributed by atoms with Crippen LogP contribution in [0.5, 0.6) is 0 Å². The third kappa shape index (κ3) is 4.62. The van der Waals surface area contributed by atoms with E-state index in [1.165, 1.54) is 0 Å². The highest BCUT2D eigenvalue weighted by Crippen LogP contribution is 2.18. The normalized spacial score (nSPS) is 26.4. The molecule has 0 atom stereocenters. The molecule has 1 aliphatic rings. The minimum absolute atomic E-state index is 0.0195. The first-order valence-electron chi connectivity index (χ1n) is 6.03. The summed E-state index contributed by atoms with van der Waals surface area (Å²) in [7, 11) is 2.00. The lowest BCUT2D eigenvalue weighted by Gasteiger charge is -2.28. The van der Waals surface area contributed by atoms with E-state index in [2.05, 4.69) is 10.6 Å². The maximum Gasteiger partial charge on any atom is 0.244 e. The standard InChI is InChI=1S/C13H22N2O/c1-3-4-5-6-13(16)15-12-9-7-11(14-2)8-10-12/h3-6,11-12,14H,7-10H2,1-2H3,(H,15,16). The highest BCUT2D eigenvalue weighted by Gasteiger charge is 2.20. The van der Waals surface area contributed by atoms with Crippen LogP contribution in [0, 0.1) is 0 Å². The minimum atomic E-state index is 0.0195. The van der Waals surface area contributed by atoms with Gasteiger partial charge < -0.3 is 10.6 Å². The molecule has 3 heteroatoms. The molecule has 0 saturated heterocycles. The first kappa shape index (κ1) is 13.0. The number of carbonyl (C=O) groups excluding carboxylic acids is 1. The molecule has 0 heterocycles. The highest BCUT2D eigenvalue weighted by atomic mass is 16.1. The molecular formula is C13H22N2O. The molecule has 2 N–H and O–H groups in total. The molecule has 1 aliphatic carbocycles. The van der Waals surface area contributed by atoms with Crippen LogP contribution >= 0.6 is 0 Å². The molecule has 0 radical (unpaired) electrons. The van der Waals surface area contributed by atoms with Crippen LogP contribution in [0.3, 0.4) is 0 Å². The number of nitrogens with one attached hydrogen (secondary N) is 2. The zero-order valence-electron chi connectivity index (χ0n) is 10.2. The Labute approximate surface area is 98.0 Å². The predicted octanol–water partition coefficient (Wildman–Crippen LogP) is 1.77. The molecule has 0 aromatic rings. The lowest BCUT2D eigenvalue weighted by molar-refractivity contribution is -0.117. The van der Waals surface area contributed by atoms with E-state index in [4.69, 9.17) is 0 Å². The van der Waals surface area contributed by atoms with E-state index < -0.39 is 0 Å². The van der Waals surface area contributed by atoms with Crippen LogP contribution in [0.15, 0.2) is 24.3 Å². The number of amides is 1. The quantitative estimate of drug-likeness (QED) is 0.562. The first-order valence-corrected chi connectivity index (χ1v) is 6.03. The molecule has 90 valence electrons. The van der Waals surface area contributed by atoms with Gasteiger partial charge in [0, 0.05) is 18.2 Å². The van der Waals surface area contributed by atoms with Crippen molar-refractivity contribution < 1.29 is 4.79 Å². The zero-order chi connectivity index (χ0) is 11.8. The number of carbonyl (C=O) groups is 1. The second-order valence-corrected chi connectivity index (χ2v) is 4.23.